The van der Waals surface area contributed by atoms with Crippen LogP contribution in [0.25, 0.3) is 0 Å². The fourth-order valence-electron chi connectivity index (χ4n) is 5.91. The molecule has 26 heavy (non-hydrogen) atoms. The van der Waals surface area contributed by atoms with Crippen molar-refractivity contribution in [1.29, 1.82) is 0 Å². The van der Waals surface area contributed by atoms with Gasteiger partial charge in [-0.15, -0.1) is 0 Å². The molecule has 4 bridgehead atoms. The molecule has 1 aromatic heterocycles. The van der Waals surface area contributed by atoms with E-state index in [1.54, 1.807) is 4.90 Å². The lowest BCUT2D eigenvalue weighted by Crippen LogP contribution is -2.55. The molecule has 0 spiro atoms. The van der Waals surface area contributed by atoms with Crippen LogP contribution in [-0.4, -0.2) is 45.2 Å². The van der Waals surface area contributed by atoms with E-state index in [0.717, 1.165) is 37.0 Å². The highest BCUT2D eigenvalue weighted by Gasteiger charge is 2.51. The number of nitro groups is 1. The smallest absolute Gasteiger partial charge is 0.353 e. The number of rotatable bonds is 7. The summed E-state index contributed by atoms with van der Waals surface area (Å²) in [5.74, 6) is 2.86. The van der Waals surface area contributed by atoms with E-state index < -0.39 is 4.92 Å². The van der Waals surface area contributed by atoms with Gasteiger partial charge in [-0.05, 0) is 63.2 Å². The Morgan fingerprint density at radius 2 is 1.88 bits per heavy atom. The summed E-state index contributed by atoms with van der Waals surface area (Å²) in [5, 5.41) is 24.6. The minimum absolute atomic E-state index is 0.0564. The number of anilines is 2. The highest BCUT2D eigenvalue weighted by atomic mass is 16.6. The molecular weight excluding hydrogens is 334 g/mol. The van der Waals surface area contributed by atoms with Gasteiger partial charge in [-0.1, -0.05) is 0 Å². The van der Waals surface area contributed by atoms with Crippen LogP contribution in [-0.2, 0) is 0 Å². The zero-order valence-electron chi connectivity index (χ0n) is 15.2. The lowest BCUT2D eigenvalue weighted by atomic mass is 9.53. The van der Waals surface area contributed by atoms with Crippen LogP contribution in [0.2, 0.25) is 0 Å². The fraction of sp³-hybridized carbons (Fsp3) is 0.778. The van der Waals surface area contributed by atoms with Gasteiger partial charge in [-0.2, -0.15) is 0 Å². The van der Waals surface area contributed by atoms with Crippen molar-refractivity contribution < 1.29 is 10.0 Å². The van der Waals surface area contributed by atoms with Crippen molar-refractivity contribution in [3.63, 3.8) is 0 Å². The number of likely N-dealkylation sites (N-methyl/N-ethyl adjacent to an activating group) is 1. The summed E-state index contributed by atoms with van der Waals surface area (Å²) >= 11 is 0. The molecule has 1 heterocycles. The molecule has 0 aromatic carbocycles. The maximum atomic E-state index is 11.8. The van der Waals surface area contributed by atoms with Gasteiger partial charge in [-0.3, -0.25) is 10.1 Å². The highest BCUT2D eigenvalue weighted by Crippen LogP contribution is 2.57. The van der Waals surface area contributed by atoms with E-state index in [9.17, 15) is 15.2 Å². The molecule has 0 saturated heterocycles. The Hall–Kier alpha value is -1.96. The predicted octanol–water partition coefficient (Wildman–Crippen LogP) is 2.58. The van der Waals surface area contributed by atoms with Crippen molar-refractivity contribution in [2.24, 2.45) is 17.8 Å². The molecule has 0 aliphatic heterocycles. The van der Waals surface area contributed by atoms with E-state index in [-0.39, 0.29) is 23.7 Å². The van der Waals surface area contributed by atoms with Crippen LogP contribution < -0.4 is 10.2 Å². The molecule has 8 heteroatoms. The topological polar surface area (TPSA) is 104 Å². The van der Waals surface area contributed by atoms with Crippen LogP contribution in [0, 0.1) is 27.9 Å². The average molecular weight is 361 g/mol. The van der Waals surface area contributed by atoms with Crippen molar-refractivity contribution in [2.75, 3.05) is 29.9 Å². The Morgan fingerprint density at radius 1 is 1.27 bits per heavy atom. The van der Waals surface area contributed by atoms with Crippen molar-refractivity contribution in [3.05, 3.63) is 16.4 Å². The Labute approximate surface area is 153 Å². The number of aliphatic hydroxyl groups is 1. The van der Waals surface area contributed by atoms with Crippen molar-refractivity contribution in [3.8, 4) is 0 Å². The van der Waals surface area contributed by atoms with E-state index >= 15 is 0 Å². The van der Waals surface area contributed by atoms with Crippen LogP contribution in [0.4, 0.5) is 17.3 Å². The van der Waals surface area contributed by atoms with Gasteiger partial charge in [0.1, 0.15) is 6.33 Å². The fourth-order valence-corrected chi connectivity index (χ4v) is 5.91. The zero-order chi connectivity index (χ0) is 18.3. The first-order valence-corrected chi connectivity index (χ1v) is 9.67. The average Bonchev–Trinajstić information content (AvgIpc) is 2.57. The Kier molecular flexibility index (Phi) is 4.46. The number of aromatic nitrogens is 2. The summed E-state index contributed by atoms with van der Waals surface area (Å²) in [6.07, 6.45) is 8.61. The third kappa shape index (κ3) is 3.00. The third-order valence-electron chi connectivity index (χ3n) is 6.46. The maximum absolute atomic E-state index is 11.8. The van der Waals surface area contributed by atoms with Gasteiger partial charge in [0.25, 0.3) is 0 Å². The molecule has 142 valence electrons. The molecule has 0 atom stereocenters. The number of hydrogen-bond donors (Lipinski definition) is 2. The molecule has 1 aromatic rings. The normalized spacial score (nSPS) is 31.8. The molecule has 2 N–H and O–H groups in total. The molecule has 0 radical (unpaired) electrons. The SMILES string of the molecule is CCN(CCO)c1ncnc(NC23CC4CC(CC(C4)C2)C3)c1[N+](=O)[O-]. The summed E-state index contributed by atoms with van der Waals surface area (Å²) < 4.78 is 0. The van der Waals surface area contributed by atoms with Crippen molar-refractivity contribution in [2.45, 2.75) is 51.0 Å². The maximum Gasteiger partial charge on any atom is 0.353 e. The second-order valence-electron chi connectivity index (χ2n) is 8.28. The largest absolute Gasteiger partial charge is 0.395 e. The first-order valence-electron chi connectivity index (χ1n) is 9.67. The molecule has 5 rings (SSSR count). The molecular formula is C18H27N5O3. The lowest BCUT2D eigenvalue weighted by molar-refractivity contribution is -0.383. The zero-order valence-corrected chi connectivity index (χ0v) is 15.2. The molecule has 8 nitrogen and oxygen atoms in total. The van der Waals surface area contributed by atoms with E-state index in [2.05, 4.69) is 15.3 Å². The lowest BCUT2D eigenvalue weighted by Gasteiger charge is -2.57. The van der Waals surface area contributed by atoms with Gasteiger partial charge in [0.15, 0.2) is 0 Å². The van der Waals surface area contributed by atoms with Crippen molar-refractivity contribution in [1.82, 2.24) is 9.97 Å². The molecule has 0 unspecified atom stereocenters. The number of nitrogens with one attached hydrogen (secondary N) is 1. The summed E-state index contributed by atoms with van der Waals surface area (Å²) in [4.78, 5) is 21.6. The second kappa shape index (κ2) is 6.64. The van der Waals surface area contributed by atoms with E-state index in [0.29, 0.717) is 18.9 Å². The van der Waals surface area contributed by atoms with E-state index in [4.69, 9.17) is 0 Å². The van der Waals surface area contributed by atoms with Crippen LogP contribution in [0.3, 0.4) is 0 Å². The van der Waals surface area contributed by atoms with Gasteiger partial charge in [0.2, 0.25) is 11.6 Å². The molecule has 0 amide bonds. The molecule has 4 fully saturated rings. The third-order valence-corrected chi connectivity index (χ3v) is 6.46. The van der Waals surface area contributed by atoms with Crippen LogP contribution in [0.1, 0.15) is 45.4 Å². The standard InChI is InChI=1S/C18H27N5O3/c1-2-22(3-4-24)17-15(23(25)26)16(19-11-20-17)21-18-8-12-5-13(9-18)7-14(6-12)10-18/h11-14,24H,2-10H2,1H3,(H,19,20,21). The number of hydrogen-bond acceptors (Lipinski definition) is 7. The number of aliphatic hydroxyl groups excluding tert-OH is 1. The first kappa shape index (κ1) is 17.5. The highest BCUT2D eigenvalue weighted by molar-refractivity contribution is 5.71. The Morgan fingerprint density at radius 3 is 2.38 bits per heavy atom. The summed E-state index contributed by atoms with van der Waals surface area (Å²) in [7, 11) is 0. The van der Waals surface area contributed by atoms with Crippen LogP contribution >= 0.6 is 0 Å². The second-order valence-corrected chi connectivity index (χ2v) is 8.28. The first-order chi connectivity index (χ1) is 12.5. The van der Waals surface area contributed by atoms with E-state index in [1.807, 2.05) is 6.92 Å². The Balaban J connectivity index is 1.67. The molecule has 4 aliphatic carbocycles. The monoisotopic (exact) mass is 361 g/mol. The quantitative estimate of drug-likeness (QED) is 0.568. The van der Waals surface area contributed by atoms with Gasteiger partial charge < -0.3 is 15.3 Å². The summed E-state index contributed by atoms with van der Waals surface area (Å²) in [6, 6.07) is 0. The summed E-state index contributed by atoms with van der Waals surface area (Å²) in [6.45, 7) is 2.67. The van der Waals surface area contributed by atoms with Gasteiger partial charge in [-0.25, -0.2) is 9.97 Å². The molecule has 4 saturated carbocycles. The van der Waals surface area contributed by atoms with Gasteiger partial charge in [0, 0.05) is 18.6 Å². The minimum atomic E-state index is -0.391. The van der Waals surface area contributed by atoms with Gasteiger partial charge >= 0.3 is 5.69 Å². The Bertz CT molecular complexity index is 660. The number of nitrogens with zero attached hydrogens (tertiary/aromatic N) is 4. The molecule has 4 aliphatic rings. The van der Waals surface area contributed by atoms with Crippen LogP contribution in [0.15, 0.2) is 6.33 Å². The van der Waals surface area contributed by atoms with Crippen LogP contribution in [0.5, 0.6) is 0 Å². The predicted molar refractivity (Wildman–Crippen MR) is 98.2 cm³/mol. The van der Waals surface area contributed by atoms with Gasteiger partial charge in [0.05, 0.1) is 11.5 Å². The minimum Gasteiger partial charge on any atom is -0.395 e. The van der Waals surface area contributed by atoms with E-state index in [1.165, 1.54) is 25.6 Å². The van der Waals surface area contributed by atoms with Crippen molar-refractivity contribution >= 4 is 17.3 Å². The summed E-state index contributed by atoms with van der Waals surface area (Å²) in [5.41, 5.74) is -0.127.